The van der Waals surface area contributed by atoms with Crippen LogP contribution >= 0.6 is 0 Å². The van der Waals surface area contributed by atoms with Gasteiger partial charge in [0.25, 0.3) is 0 Å². The molecule has 0 unspecified atom stereocenters. The van der Waals surface area contributed by atoms with Crippen LogP contribution in [0.3, 0.4) is 0 Å². The first-order chi connectivity index (χ1) is 12.6. The van der Waals surface area contributed by atoms with Crippen LogP contribution in [0.1, 0.15) is 18.4 Å². The van der Waals surface area contributed by atoms with E-state index < -0.39 is 6.61 Å². The Morgan fingerprint density at radius 3 is 2.77 bits per heavy atom. The molecule has 0 spiro atoms. The number of halogens is 2. The molecule has 0 aliphatic carbocycles. The minimum atomic E-state index is -2.94. The van der Waals surface area contributed by atoms with Crippen LogP contribution in [0.25, 0.3) is 23.6 Å². The lowest BCUT2D eigenvalue weighted by molar-refractivity contribution is -0.0512. The molecule has 7 nitrogen and oxygen atoms in total. The van der Waals surface area contributed by atoms with Gasteiger partial charge in [0.1, 0.15) is 0 Å². The van der Waals surface area contributed by atoms with Crippen molar-refractivity contribution in [1.82, 2.24) is 20.0 Å². The maximum absolute atomic E-state index is 12.4. The summed E-state index contributed by atoms with van der Waals surface area (Å²) < 4.78 is 41.6. The molecule has 26 heavy (non-hydrogen) atoms. The molecule has 0 saturated heterocycles. The van der Waals surface area contributed by atoms with Crippen molar-refractivity contribution in [2.75, 3.05) is 7.11 Å². The zero-order chi connectivity index (χ0) is 18.5. The molecule has 1 aromatic carbocycles. The third-order valence-corrected chi connectivity index (χ3v) is 3.46. The van der Waals surface area contributed by atoms with Gasteiger partial charge in [-0.1, -0.05) is 0 Å². The molecule has 0 saturated carbocycles. The van der Waals surface area contributed by atoms with Crippen LogP contribution in [0.4, 0.5) is 8.78 Å². The van der Waals surface area contributed by atoms with E-state index in [1.807, 2.05) is 13.1 Å². The van der Waals surface area contributed by atoms with E-state index >= 15 is 0 Å². The highest BCUT2D eigenvalue weighted by atomic mass is 19.3. The van der Waals surface area contributed by atoms with Crippen LogP contribution in [0.2, 0.25) is 0 Å². The predicted octanol–water partition coefficient (Wildman–Crippen LogP) is 3.73. The summed E-state index contributed by atoms with van der Waals surface area (Å²) in [7, 11) is 1.36. The molecule has 0 aliphatic rings. The van der Waals surface area contributed by atoms with E-state index in [4.69, 9.17) is 9.15 Å². The predicted molar refractivity (Wildman–Crippen MR) is 89.7 cm³/mol. The number of aromatic nitrogens is 4. The molecular weight excluding hydrogens is 346 g/mol. The number of benzene rings is 1. The molecule has 3 aromatic rings. The Morgan fingerprint density at radius 1 is 1.23 bits per heavy atom. The van der Waals surface area contributed by atoms with Gasteiger partial charge in [0, 0.05) is 29.9 Å². The van der Waals surface area contributed by atoms with Crippen LogP contribution < -0.4 is 9.47 Å². The topological polar surface area (TPSA) is 75.2 Å². The van der Waals surface area contributed by atoms with Crippen molar-refractivity contribution < 1.29 is 22.7 Å². The van der Waals surface area contributed by atoms with Crippen molar-refractivity contribution in [3.05, 3.63) is 42.0 Å². The van der Waals surface area contributed by atoms with E-state index in [-0.39, 0.29) is 17.4 Å². The van der Waals surface area contributed by atoms with Crippen molar-refractivity contribution in [2.45, 2.75) is 20.1 Å². The summed E-state index contributed by atoms with van der Waals surface area (Å²) in [6, 6.07) is 4.38. The summed E-state index contributed by atoms with van der Waals surface area (Å²) in [4.78, 5) is 0. The number of aryl methyl sites for hydroxylation is 1. The van der Waals surface area contributed by atoms with Gasteiger partial charge in [0.05, 0.1) is 13.3 Å². The van der Waals surface area contributed by atoms with E-state index in [0.717, 1.165) is 12.1 Å². The van der Waals surface area contributed by atoms with Gasteiger partial charge in [-0.05, 0) is 31.2 Å². The highest BCUT2D eigenvalue weighted by molar-refractivity contribution is 5.66. The number of nitrogens with zero attached hydrogens (tertiary/aromatic N) is 4. The fraction of sp³-hybridized carbons (Fsp3) is 0.235. The SMILES string of the molecule is CCn1cc(/C=C/c2nnc(-c3ccc(OC(F)F)c(OC)c3)o2)cn1. The number of ether oxygens (including phenoxy) is 2. The Kier molecular flexibility index (Phi) is 5.26. The average Bonchev–Trinajstić information content (AvgIpc) is 3.29. The number of hydrogen-bond donors (Lipinski definition) is 0. The third kappa shape index (κ3) is 4.05. The Labute approximate surface area is 147 Å². The zero-order valence-corrected chi connectivity index (χ0v) is 14.1. The smallest absolute Gasteiger partial charge is 0.387 e. The van der Waals surface area contributed by atoms with E-state index in [2.05, 4.69) is 20.0 Å². The number of hydrogen-bond acceptors (Lipinski definition) is 6. The molecule has 0 aliphatic heterocycles. The summed E-state index contributed by atoms with van der Waals surface area (Å²) in [6.45, 7) is -0.158. The first-order valence-electron chi connectivity index (χ1n) is 7.76. The summed E-state index contributed by atoms with van der Waals surface area (Å²) in [6.07, 6.45) is 7.08. The van der Waals surface area contributed by atoms with E-state index in [0.29, 0.717) is 11.5 Å². The lowest BCUT2D eigenvalue weighted by atomic mass is 10.2. The molecule has 2 aromatic heterocycles. The fourth-order valence-electron chi connectivity index (χ4n) is 2.22. The van der Waals surface area contributed by atoms with Gasteiger partial charge >= 0.3 is 6.61 Å². The second-order valence-electron chi connectivity index (χ2n) is 5.15. The lowest BCUT2D eigenvalue weighted by Crippen LogP contribution is -2.03. The molecular formula is C17H16F2N4O3. The van der Waals surface area contributed by atoms with Gasteiger partial charge in [-0.2, -0.15) is 13.9 Å². The largest absolute Gasteiger partial charge is 0.493 e. The normalized spacial score (nSPS) is 11.4. The van der Waals surface area contributed by atoms with Crippen LogP contribution in [0.15, 0.2) is 35.0 Å². The second-order valence-corrected chi connectivity index (χ2v) is 5.15. The summed E-state index contributed by atoms with van der Waals surface area (Å²) in [5.41, 5.74) is 1.43. The van der Waals surface area contributed by atoms with Gasteiger partial charge in [-0.15, -0.1) is 10.2 Å². The molecule has 9 heteroatoms. The Balaban J connectivity index is 1.78. The van der Waals surface area contributed by atoms with E-state index in [1.165, 1.54) is 25.3 Å². The number of rotatable bonds is 7. The van der Waals surface area contributed by atoms with Crippen LogP contribution in [0, 0.1) is 0 Å². The maximum atomic E-state index is 12.4. The summed E-state index contributed by atoms with van der Waals surface area (Å²) in [5, 5.41) is 12.1. The van der Waals surface area contributed by atoms with Crippen LogP contribution in [-0.4, -0.2) is 33.7 Å². The summed E-state index contributed by atoms with van der Waals surface area (Å²) in [5.74, 6) is 0.607. The van der Waals surface area contributed by atoms with Crippen molar-refractivity contribution in [2.24, 2.45) is 0 Å². The Bertz CT molecular complexity index is 905. The van der Waals surface area contributed by atoms with Crippen molar-refractivity contribution in [1.29, 1.82) is 0 Å². The quantitative estimate of drug-likeness (QED) is 0.637. The second kappa shape index (κ2) is 7.77. The zero-order valence-electron chi connectivity index (χ0n) is 14.1. The average molecular weight is 362 g/mol. The maximum Gasteiger partial charge on any atom is 0.387 e. The van der Waals surface area contributed by atoms with Gasteiger partial charge in [0.2, 0.25) is 11.8 Å². The summed E-state index contributed by atoms with van der Waals surface area (Å²) >= 11 is 0. The van der Waals surface area contributed by atoms with Gasteiger partial charge in [-0.25, -0.2) is 0 Å². The first kappa shape index (κ1) is 17.6. The molecule has 0 bridgehead atoms. The number of alkyl halides is 2. The minimum Gasteiger partial charge on any atom is -0.493 e. The fourth-order valence-corrected chi connectivity index (χ4v) is 2.22. The molecule has 0 N–H and O–H groups in total. The van der Waals surface area contributed by atoms with Gasteiger partial charge < -0.3 is 13.9 Å². The van der Waals surface area contributed by atoms with Crippen molar-refractivity contribution >= 4 is 12.2 Å². The standard InChI is InChI=1S/C17H16F2N4O3/c1-3-23-10-11(9-20-23)4-7-15-21-22-16(26-15)12-5-6-13(25-17(18)19)14(8-12)24-2/h4-10,17H,3H2,1-2H3/b7-4+. The minimum absolute atomic E-state index is 0.0705. The first-order valence-corrected chi connectivity index (χ1v) is 7.76. The Hall–Kier alpha value is -3.23. The van der Waals surface area contributed by atoms with Crippen molar-refractivity contribution in [3.63, 3.8) is 0 Å². The molecule has 2 heterocycles. The van der Waals surface area contributed by atoms with E-state index in [1.54, 1.807) is 23.0 Å². The monoisotopic (exact) mass is 362 g/mol. The molecule has 0 radical (unpaired) electrons. The molecule has 3 rings (SSSR count). The van der Waals surface area contributed by atoms with Gasteiger partial charge in [0.15, 0.2) is 11.5 Å². The van der Waals surface area contributed by atoms with Gasteiger partial charge in [-0.3, -0.25) is 4.68 Å². The van der Waals surface area contributed by atoms with Crippen LogP contribution in [-0.2, 0) is 6.54 Å². The Morgan fingerprint density at radius 2 is 2.08 bits per heavy atom. The van der Waals surface area contributed by atoms with Crippen LogP contribution in [0.5, 0.6) is 11.5 Å². The highest BCUT2D eigenvalue weighted by Crippen LogP contribution is 2.33. The lowest BCUT2D eigenvalue weighted by Gasteiger charge is -2.10. The number of methoxy groups -OCH3 is 1. The van der Waals surface area contributed by atoms with E-state index in [9.17, 15) is 8.78 Å². The molecule has 0 fully saturated rings. The molecule has 0 atom stereocenters. The third-order valence-electron chi connectivity index (χ3n) is 3.46. The highest BCUT2D eigenvalue weighted by Gasteiger charge is 2.14. The molecule has 136 valence electrons. The van der Waals surface area contributed by atoms with Crippen molar-refractivity contribution in [3.8, 4) is 23.0 Å². The molecule has 0 amide bonds.